The summed E-state index contributed by atoms with van der Waals surface area (Å²) in [5, 5.41) is 9.53. The highest BCUT2D eigenvalue weighted by atomic mass is 31.2. The van der Waals surface area contributed by atoms with Crippen LogP contribution >= 0.6 is 15.2 Å². The molecule has 0 saturated carbocycles. The van der Waals surface area contributed by atoms with Crippen molar-refractivity contribution in [2.75, 3.05) is 17.5 Å². The molecule has 0 aliphatic heterocycles. The molecule has 10 heteroatoms. The van der Waals surface area contributed by atoms with Crippen molar-refractivity contribution in [1.29, 1.82) is 0 Å². The van der Waals surface area contributed by atoms with E-state index in [0.29, 0.717) is 0 Å². The molecule has 0 spiro atoms. The van der Waals surface area contributed by atoms with Crippen LogP contribution in [0.1, 0.15) is 0 Å². The van der Waals surface area contributed by atoms with E-state index < -0.39 is 27.8 Å². The van der Waals surface area contributed by atoms with Crippen LogP contribution in [0.15, 0.2) is 24.3 Å². The minimum Gasteiger partial charge on any atom is -0.506 e. The Balaban J connectivity index is 3.09. The van der Waals surface area contributed by atoms with E-state index in [-0.39, 0.29) is 11.4 Å². The number of hydrogen-bond acceptors (Lipinski definition) is 4. The van der Waals surface area contributed by atoms with Crippen LogP contribution in [0.5, 0.6) is 5.75 Å². The lowest BCUT2D eigenvalue weighted by molar-refractivity contribution is 0.366. The van der Waals surface area contributed by atoms with Crippen LogP contribution < -0.4 is 4.90 Å². The summed E-state index contributed by atoms with van der Waals surface area (Å²) in [6.07, 6.45) is -1.79. The zero-order chi connectivity index (χ0) is 14.0. The molecule has 0 atom stereocenters. The molecule has 0 saturated heterocycles. The zero-order valence-electron chi connectivity index (χ0n) is 9.12. The van der Waals surface area contributed by atoms with Crippen molar-refractivity contribution < 1.29 is 33.8 Å². The second-order valence-electron chi connectivity index (χ2n) is 3.64. The highest BCUT2D eigenvalue weighted by Crippen LogP contribution is 2.44. The van der Waals surface area contributed by atoms with Gasteiger partial charge in [0.05, 0.1) is 5.69 Å². The van der Waals surface area contributed by atoms with E-state index in [2.05, 4.69) is 0 Å². The molecular formula is C8H13NO7P2. The van der Waals surface area contributed by atoms with E-state index in [9.17, 15) is 14.2 Å². The smallest absolute Gasteiger partial charge is 0.344 e. The van der Waals surface area contributed by atoms with Crippen LogP contribution in [0.4, 0.5) is 5.69 Å². The Hall–Kier alpha value is -0.880. The van der Waals surface area contributed by atoms with Gasteiger partial charge in [0, 0.05) is 0 Å². The van der Waals surface area contributed by atoms with Gasteiger partial charge in [0.25, 0.3) is 0 Å². The first kappa shape index (κ1) is 15.2. The number of nitrogens with zero attached hydrogens (tertiary/aromatic N) is 1. The van der Waals surface area contributed by atoms with Gasteiger partial charge >= 0.3 is 15.2 Å². The summed E-state index contributed by atoms with van der Waals surface area (Å²) < 4.78 is 21.9. The maximum absolute atomic E-state index is 10.9. The first-order valence-corrected chi connectivity index (χ1v) is 8.30. The molecular weight excluding hydrogens is 284 g/mol. The van der Waals surface area contributed by atoms with Crippen LogP contribution in [0, 0.1) is 0 Å². The second kappa shape index (κ2) is 5.40. The molecule has 18 heavy (non-hydrogen) atoms. The fourth-order valence-corrected chi connectivity index (χ4v) is 2.93. The van der Waals surface area contributed by atoms with Gasteiger partial charge in [0.15, 0.2) is 0 Å². The van der Waals surface area contributed by atoms with E-state index in [4.69, 9.17) is 19.6 Å². The molecule has 0 fully saturated rings. The third-order valence-electron chi connectivity index (χ3n) is 1.93. The Bertz CT molecular complexity index is 484. The number of para-hydroxylation sites is 2. The number of hydrogen-bond donors (Lipinski definition) is 5. The molecule has 8 nitrogen and oxygen atoms in total. The van der Waals surface area contributed by atoms with E-state index in [1.807, 2.05) is 0 Å². The lowest BCUT2D eigenvalue weighted by atomic mass is 10.3. The first-order chi connectivity index (χ1) is 8.08. The second-order valence-corrected chi connectivity index (χ2v) is 6.87. The predicted molar refractivity (Wildman–Crippen MR) is 64.4 cm³/mol. The largest absolute Gasteiger partial charge is 0.506 e. The van der Waals surface area contributed by atoms with E-state index >= 15 is 0 Å². The fourth-order valence-electron chi connectivity index (χ4n) is 1.37. The number of anilines is 1. The average molecular weight is 297 g/mol. The summed E-state index contributed by atoms with van der Waals surface area (Å²) in [5.74, 6) is -0.320. The Morgan fingerprint density at radius 3 is 1.78 bits per heavy atom. The maximum Gasteiger partial charge on any atom is 0.344 e. The Morgan fingerprint density at radius 1 is 0.944 bits per heavy atom. The third-order valence-corrected chi connectivity index (χ3v) is 3.35. The maximum atomic E-state index is 10.9. The summed E-state index contributed by atoms with van der Waals surface area (Å²) in [5.41, 5.74) is -0.0517. The van der Waals surface area contributed by atoms with Crippen molar-refractivity contribution in [3.8, 4) is 5.75 Å². The lowest BCUT2D eigenvalue weighted by Crippen LogP contribution is -2.25. The molecule has 0 unspecified atom stereocenters. The molecule has 0 bridgehead atoms. The van der Waals surface area contributed by atoms with Gasteiger partial charge in [0.2, 0.25) is 0 Å². The standard InChI is InChI=1S/C8H13NO7P2/c10-8-4-2-1-3-7(8)9(5-17(11,12)13)6-18(14,15)16/h1-4,10H,5-6H2,(H2,11,12,13)(H2,14,15,16). The number of phenolic OH excluding ortho intramolecular Hbond substituents is 1. The van der Waals surface area contributed by atoms with Gasteiger partial charge in [0.1, 0.15) is 18.3 Å². The van der Waals surface area contributed by atoms with Gasteiger partial charge in [-0.3, -0.25) is 9.13 Å². The Kier molecular flexibility index (Phi) is 4.55. The summed E-state index contributed by atoms with van der Waals surface area (Å²) in [7, 11) is -9.04. The molecule has 1 aromatic carbocycles. The van der Waals surface area contributed by atoms with Gasteiger partial charge in [-0.15, -0.1) is 0 Å². The monoisotopic (exact) mass is 297 g/mol. The topological polar surface area (TPSA) is 139 Å². The van der Waals surface area contributed by atoms with Crippen LogP contribution in [0.25, 0.3) is 0 Å². The van der Waals surface area contributed by atoms with Crippen molar-refractivity contribution >= 4 is 20.9 Å². The van der Waals surface area contributed by atoms with Crippen LogP contribution in [-0.2, 0) is 9.13 Å². The van der Waals surface area contributed by atoms with E-state index in [1.54, 1.807) is 0 Å². The SMILES string of the molecule is O=P(O)(O)CN(CP(=O)(O)O)c1ccccc1O. The van der Waals surface area contributed by atoms with Gasteiger partial charge in [-0.25, -0.2) is 0 Å². The minimum absolute atomic E-state index is 0.0517. The molecule has 102 valence electrons. The average Bonchev–Trinajstić information content (AvgIpc) is 2.12. The van der Waals surface area contributed by atoms with Gasteiger partial charge in [-0.2, -0.15) is 0 Å². The molecule has 0 aromatic heterocycles. The number of phenols is 1. The molecule has 0 radical (unpaired) electrons. The van der Waals surface area contributed by atoms with Crippen LogP contribution in [0.3, 0.4) is 0 Å². The predicted octanol–water partition coefficient (Wildman–Crippen LogP) is 0.469. The van der Waals surface area contributed by atoms with Crippen LogP contribution in [-0.4, -0.2) is 37.3 Å². The minimum atomic E-state index is -4.52. The molecule has 0 heterocycles. The fraction of sp³-hybridized carbons (Fsp3) is 0.250. The van der Waals surface area contributed by atoms with Crippen molar-refractivity contribution in [2.24, 2.45) is 0 Å². The molecule has 1 aromatic rings. The number of rotatable bonds is 5. The molecule has 1 rings (SSSR count). The van der Waals surface area contributed by atoms with Gasteiger partial charge in [-0.05, 0) is 12.1 Å². The summed E-state index contributed by atoms with van der Waals surface area (Å²) in [6, 6.07) is 5.51. The molecule has 0 aliphatic carbocycles. The Labute approximate surface area is 103 Å². The third kappa shape index (κ3) is 5.18. The van der Waals surface area contributed by atoms with Gasteiger partial charge in [-0.1, -0.05) is 12.1 Å². The van der Waals surface area contributed by atoms with Crippen molar-refractivity contribution in [1.82, 2.24) is 0 Å². The molecule has 0 amide bonds. The van der Waals surface area contributed by atoms with Crippen molar-refractivity contribution in [2.45, 2.75) is 0 Å². The molecule has 5 N–H and O–H groups in total. The Morgan fingerprint density at radius 2 is 1.39 bits per heavy atom. The van der Waals surface area contributed by atoms with Crippen molar-refractivity contribution in [3.05, 3.63) is 24.3 Å². The number of aromatic hydroxyl groups is 1. The summed E-state index contributed by atoms with van der Waals surface area (Å²) in [6.45, 7) is 0. The van der Waals surface area contributed by atoms with Gasteiger partial charge < -0.3 is 29.6 Å². The van der Waals surface area contributed by atoms with Crippen LogP contribution in [0.2, 0.25) is 0 Å². The van der Waals surface area contributed by atoms with E-state index in [0.717, 1.165) is 4.90 Å². The number of benzene rings is 1. The summed E-state index contributed by atoms with van der Waals surface area (Å²) >= 11 is 0. The lowest BCUT2D eigenvalue weighted by Gasteiger charge is -2.25. The molecule has 0 aliphatic rings. The van der Waals surface area contributed by atoms with E-state index in [1.165, 1.54) is 24.3 Å². The quantitative estimate of drug-likeness (QED) is 0.494. The highest BCUT2D eigenvalue weighted by molar-refractivity contribution is 7.53. The summed E-state index contributed by atoms with van der Waals surface area (Å²) in [4.78, 5) is 36.2. The van der Waals surface area contributed by atoms with Crippen molar-refractivity contribution in [3.63, 3.8) is 0 Å². The zero-order valence-corrected chi connectivity index (χ0v) is 10.9. The first-order valence-electron chi connectivity index (χ1n) is 4.70. The normalized spacial score (nSPS) is 12.4. The highest BCUT2D eigenvalue weighted by Gasteiger charge is 2.27.